The van der Waals surface area contributed by atoms with Crippen molar-refractivity contribution in [2.24, 2.45) is 0 Å². The number of allylic oxidation sites excluding steroid dienone is 1. The van der Waals surface area contributed by atoms with Crippen molar-refractivity contribution in [3.63, 3.8) is 0 Å². The molecule has 5 rings (SSSR count). The minimum Gasteiger partial charge on any atom is -0.507 e. The summed E-state index contributed by atoms with van der Waals surface area (Å²) in [5.74, 6) is -5.57. The predicted molar refractivity (Wildman–Crippen MR) is 107 cm³/mol. The quantitative estimate of drug-likeness (QED) is 0.546. The Bertz CT molecular complexity index is 1130. The Morgan fingerprint density at radius 3 is 2.61 bits per heavy atom. The van der Waals surface area contributed by atoms with Crippen molar-refractivity contribution >= 4 is 23.3 Å². The standard InChI is InChI=1S/C23H22O10/c1-3-14-17-10(22-15(31-14)6-16(26)32-22)4-9-12(24)5-11(20(28)18(9)21(17)29)23(30)7-13(25)19(27)8(2)33-23/h4-5,8,13-15,22,25,29-30H,3,6-7H2,1-2H3. The van der Waals surface area contributed by atoms with Crippen LogP contribution < -0.4 is 0 Å². The number of Topliss-reactive ketones (excluding diaryl/α,β-unsaturated/α-hetero) is 2. The summed E-state index contributed by atoms with van der Waals surface area (Å²) in [5, 5.41) is 32.2. The van der Waals surface area contributed by atoms with Crippen LogP contribution in [0.2, 0.25) is 0 Å². The number of esters is 1. The number of ketones is 3. The van der Waals surface area contributed by atoms with Crippen LogP contribution in [0.1, 0.15) is 77.2 Å². The SMILES string of the molecule is CCC1OC2CC(=O)OC2c2cc3c(c(O)c21)C(=O)C(C1(O)CC(O)C(=O)C(C)O1)=CC3=O. The largest absolute Gasteiger partial charge is 0.507 e. The smallest absolute Gasteiger partial charge is 0.309 e. The lowest BCUT2D eigenvalue weighted by Crippen LogP contribution is -2.54. The number of hydrogen-bond donors (Lipinski definition) is 3. The van der Waals surface area contributed by atoms with Gasteiger partial charge >= 0.3 is 5.97 Å². The van der Waals surface area contributed by atoms with Gasteiger partial charge in [0.15, 0.2) is 29.2 Å². The number of aliphatic hydroxyl groups is 2. The van der Waals surface area contributed by atoms with Crippen LogP contribution in [0.4, 0.5) is 0 Å². The Morgan fingerprint density at radius 1 is 1.21 bits per heavy atom. The molecular weight excluding hydrogens is 436 g/mol. The van der Waals surface area contributed by atoms with E-state index in [0.717, 1.165) is 6.08 Å². The van der Waals surface area contributed by atoms with Crippen LogP contribution in [0.15, 0.2) is 17.7 Å². The summed E-state index contributed by atoms with van der Waals surface area (Å²) in [6, 6.07) is 1.42. The Kier molecular flexibility index (Phi) is 4.84. The Hall–Kier alpha value is -2.92. The van der Waals surface area contributed by atoms with E-state index in [1.807, 2.05) is 6.92 Å². The van der Waals surface area contributed by atoms with Gasteiger partial charge in [-0.1, -0.05) is 6.92 Å². The predicted octanol–water partition coefficient (Wildman–Crippen LogP) is 0.963. The van der Waals surface area contributed by atoms with E-state index >= 15 is 0 Å². The molecule has 0 aromatic heterocycles. The number of hydrogen-bond acceptors (Lipinski definition) is 10. The van der Waals surface area contributed by atoms with Gasteiger partial charge in [-0.05, 0) is 25.5 Å². The number of carbonyl (C=O) groups excluding carboxylic acids is 4. The van der Waals surface area contributed by atoms with E-state index in [4.69, 9.17) is 14.2 Å². The number of phenols is 1. The molecule has 2 saturated heterocycles. The summed E-state index contributed by atoms with van der Waals surface area (Å²) < 4.78 is 16.6. The third-order valence-corrected chi connectivity index (χ3v) is 6.68. The van der Waals surface area contributed by atoms with Crippen molar-refractivity contribution in [2.45, 2.75) is 69.4 Å². The van der Waals surface area contributed by atoms with Gasteiger partial charge in [0.25, 0.3) is 0 Å². The molecule has 6 atom stereocenters. The van der Waals surface area contributed by atoms with Gasteiger partial charge in [0.1, 0.15) is 24.1 Å². The summed E-state index contributed by atoms with van der Waals surface area (Å²) in [6.07, 6.45) is -4.12. The Balaban J connectivity index is 1.63. The zero-order chi connectivity index (χ0) is 23.8. The number of phenolic OH excluding ortho intramolecular Hbond substituents is 1. The van der Waals surface area contributed by atoms with Gasteiger partial charge in [0.05, 0.1) is 23.7 Å². The van der Waals surface area contributed by atoms with E-state index < -0.39 is 77.4 Å². The van der Waals surface area contributed by atoms with Crippen molar-refractivity contribution in [2.75, 3.05) is 0 Å². The second-order valence-electron chi connectivity index (χ2n) is 8.75. The van der Waals surface area contributed by atoms with Crippen LogP contribution in [0.25, 0.3) is 0 Å². The average Bonchev–Trinajstić information content (AvgIpc) is 3.13. The van der Waals surface area contributed by atoms with Gasteiger partial charge < -0.3 is 29.5 Å². The minimum atomic E-state index is -2.40. The fourth-order valence-electron chi connectivity index (χ4n) is 5.11. The number of aromatic hydroxyl groups is 1. The van der Waals surface area contributed by atoms with Gasteiger partial charge in [-0.15, -0.1) is 0 Å². The van der Waals surface area contributed by atoms with Crippen LogP contribution in [0.5, 0.6) is 5.75 Å². The maximum atomic E-state index is 13.4. The second-order valence-corrected chi connectivity index (χ2v) is 8.75. The van der Waals surface area contributed by atoms with E-state index in [-0.39, 0.29) is 23.1 Å². The molecule has 0 bridgehead atoms. The molecule has 10 heteroatoms. The minimum absolute atomic E-state index is 0.0407. The van der Waals surface area contributed by atoms with Crippen molar-refractivity contribution in [3.05, 3.63) is 40.0 Å². The highest BCUT2D eigenvalue weighted by atomic mass is 16.6. The highest BCUT2D eigenvalue weighted by Gasteiger charge is 2.52. The molecule has 4 aliphatic rings. The van der Waals surface area contributed by atoms with Crippen molar-refractivity contribution < 1.29 is 48.7 Å². The van der Waals surface area contributed by atoms with Crippen LogP contribution >= 0.6 is 0 Å². The van der Waals surface area contributed by atoms with Gasteiger partial charge in [0.2, 0.25) is 0 Å². The second kappa shape index (κ2) is 7.29. The fourth-order valence-corrected chi connectivity index (χ4v) is 5.11. The van der Waals surface area contributed by atoms with Crippen molar-refractivity contribution in [3.8, 4) is 5.75 Å². The maximum Gasteiger partial charge on any atom is 0.309 e. The number of benzene rings is 1. The monoisotopic (exact) mass is 458 g/mol. The Labute approximate surface area is 187 Å². The van der Waals surface area contributed by atoms with E-state index in [2.05, 4.69) is 0 Å². The maximum absolute atomic E-state index is 13.4. The summed E-state index contributed by atoms with van der Waals surface area (Å²) in [5.41, 5.74) is -0.279. The first-order valence-electron chi connectivity index (χ1n) is 10.7. The number of ether oxygens (including phenoxy) is 3. The molecule has 1 aliphatic carbocycles. The van der Waals surface area contributed by atoms with Crippen molar-refractivity contribution in [1.29, 1.82) is 0 Å². The number of aliphatic hydroxyl groups excluding tert-OH is 1. The topological polar surface area (TPSA) is 157 Å². The zero-order valence-electron chi connectivity index (χ0n) is 17.9. The number of carbonyl (C=O) groups is 4. The summed E-state index contributed by atoms with van der Waals surface area (Å²) in [4.78, 5) is 50.2. The molecule has 3 N–H and O–H groups in total. The van der Waals surface area contributed by atoms with E-state index in [0.29, 0.717) is 12.0 Å². The molecule has 0 spiro atoms. The average molecular weight is 458 g/mol. The summed E-state index contributed by atoms with van der Waals surface area (Å²) >= 11 is 0. The summed E-state index contributed by atoms with van der Waals surface area (Å²) in [6.45, 7) is 3.12. The first kappa shape index (κ1) is 21.9. The summed E-state index contributed by atoms with van der Waals surface area (Å²) in [7, 11) is 0. The molecule has 33 heavy (non-hydrogen) atoms. The molecular formula is C23H22O10. The zero-order valence-corrected chi connectivity index (χ0v) is 17.9. The molecule has 0 radical (unpaired) electrons. The highest BCUT2D eigenvalue weighted by Crippen LogP contribution is 2.51. The lowest BCUT2D eigenvalue weighted by molar-refractivity contribution is -0.233. The van der Waals surface area contributed by atoms with Crippen molar-refractivity contribution in [1.82, 2.24) is 0 Å². The Morgan fingerprint density at radius 2 is 1.94 bits per heavy atom. The molecule has 0 amide bonds. The molecule has 10 nitrogen and oxygen atoms in total. The molecule has 2 fully saturated rings. The highest BCUT2D eigenvalue weighted by molar-refractivity contribution is 6.26. The lowest BCUT2D eigenvalue weighted by atomic mass is 9.78. The van der Waals surface area contributed by atoms with Gasteiger partial charge in [-0.25, -0.2) is 0 Å². The molecule has 6 unspecified atom stereocenters. The van der Waals surface area contributed by atoms with Crippen LogP contribution in [-0.4, -0.2) is 62.7 Å². The van der Waals surface area contributed by atoms with Crippen LogP contribution in [0, 0.1) is 0 Å². The molecule has 174 valence electrons. The van der Waals surface area contributed by atoms with E-state index in [1.54, 1.807) is 0 Å². The molecule has 3 heterocycles. The van der Waals surface area contributed by atoms with Crippen LogP contribution in [0.3, 0.4) is 0 Å². The van der Waals surface area contributed by atoms with Gasteiger partial charge in [-0.2, -0.15) is 0 Å². The lowest BCUT2D eigenvalue weighted by Gasteiger charge is -2.39. The molecule has 0 saturated carbocycles. The molecule has 1 aromatic rings. The first-order valence-corrected chi connectivity index (χ1v) is 10.7. The number of fused-ring (bicyclic) bond motifs is 4. The molecule has 1 aromatic carbocycles. The van der Waals surface area contributed by atoms with E-state index in [9.17, 15) is 34.5 Å². The fraction of sp³-hybridized carbons (Fsp3) is 0.478. The number of rotatable bonds is 2. The van der Waals surface area contributed by atoms with Crippen LogP contribution in [-0.2, 0) is 23.8 Å². The van der Waals surface area contributed by atoms with E-state index in [1.165, 1.54) is 13.0 Å². The molecule has 3 aliphatic heterocycles. The normalized spacial score (nSPS) is 35.5. The van der Waals surface area contributed by atoms with Gasteiger partial charge in [0, 0.05) is 23.1 Å². The third-order valence-electron chi connectivity index (χ3n) is 6.68. The first-order chi connectivity index (χ1) is 15.6. The third kappa shape index (κ3) is 3.09. The van der Waals surface area contributed by atoms with Gasteiger partial charge in [-0.3, -0.25) is 19.2 Å².